The first kappa shape index (κ1) is 22.1. The highest BCUT2D eigenvalue weighted by Gasteiger charge is 2.50. The van der Waals surface area contributed by atoms with E-state index in [9.17, 15) is 14.4 Å². The van der Waals surface area contributed by atoms with E-state index >= 15 is 0 Å². The first-order valence-corrected chi connectivity index (χ1v) is 11.8. The molecule has 2 aliphatic heterocycles. The first-order valence-electron chi connectivity index (χ1n) is 11.8. The molecule has 8 nitrogen and oxygen atoms in total. The highest BCUT2D eigenvalue weighted by Crippen LogP contribution is 2.34. The standard InChI is InChI=1S/C26H29N5O3/c1-16(2)26(24(33)28-25(34)29-26)19-10-8-18(9-11-19)23(32)31-14-12-17(13-15-31)22-27-20-6-4-5-7-21(20)30(22)3/h4-11,16-17H,12-15H2,1-3H3,(H2,28,29,33,34)/t26-/m1/s1. The molecular weight excluding hydrogens is 430 g/mol. The molecule has 4 amide bonds. The number of amides is 4. The molecule has 34 heavy (non-hydrogen) atoms. The number of rotatable bonds is 4. The van der Waals surface area contributed by atoms with Crippen LogP contribution in [0.3, 0.4) is 0 Å². The predicted octanol–water partition coefficient (Wildman–Crippen LogP) is 3.28. The lowest BCUT2D eigenvalue weighted by molar-refractivity contribution is -0.125. The van der Waals surface area contributed by atoms with Crippen molar-refractivity contribution in [3.05, 3.63) is 65.5 Å². The van der Waals surface area contributed by atoms with Gasteiger partial charge in [0.05, 0.1) is 11.0 Å². The van der Waals surface area contributed by atoms with E-state index in [0.717, 1.165) is 29.7 Å². The number of imidazole rings is 1. The van der Waals surface area contributed by atoms with Crippen LogP contribution in [0.1, 0.15) is 54.4 Å². The largest absolute Gasteiger partial charge is 0.339 e. The molecule has 2 aliphatic rings. The summed E-state index contributed by atoms with van der Waals surface area (Å²) >= 11 is 0. The maximum Gasteiger partial charge on any atom is 0.322 e. The highest BCUT2D eigenvalue weighted by molar-refractivity contribution is 6.07. The second-order valence-electron chi connectivity index (χ2n) is 9.53. The number of piperidine rings is 1. The van der Waals surface area contributed by atoms with Crippen LogP contribution in [0.2, 0.25) is 0 Å². The summed E-state index contributed by atoms with van der Waals surface area (Å²) in [5.74, 6) is 0.860. The van der Waals surface area contributed by atoms with Gasteiger partial charge in [-0.2, -0.15) is 0 Å². The van der Waals surface area contributed by atoms with Crippen molar-refractivity contribution in [3.8, 4) is 0 Å². The average molecular weight is 460 g/mol. The molecule has 2 aromatic carbocycles. The van der Waals surface area contributed by atoms with Gasteiger partial charge in [0.15, 0.2) is 0 Å². The number of carbonyl (C=O) groups is 3. The second-order valence-corrected chi connectivity index (χ2v) is 9.53. The number of imide groups is 1. The highest BCUT2D eigenvalue weighted by atomic mass is 16.2. The Morgan fingerprint density at radius 2 is 1.74 bits per heavy atom. The molecule has 0 aliphatic carbocycles. The van der Waals surface area contributed by atoms with Gasteiger partial charge in [-0.1, -0.05) is 38.1 Å². The second kappa shape index (κ2) is 8.27. The number of aryl methyl sites for hydroxylation is 1. The molecule has 5 rings (SSSR count). The lowest BCUT2D eigenvalue weighted by atomic mass is 9.79. The van der Waals surface area contributed by atoms with Crippen LogP contribution < -0.4 is 10.6 Å². The number of nitrogens with one attached hydrogen (secondary N) is 2. The Bertz CT molecular complexity index is 1270. The summed E-state index contributed by atoms with van der Waals surface area (Å²) in [6.07, 6.45) is 1.73. The van der Waals surface area contributed by atoms with Crippen molar-refractivity contribution >= 4 is 28.9 Å². The Morgan fingerprint density at radius 1 is 1.06 bits per heavy atom. The molecule has 0 spiro atoms. The van der Waals surface area contributed by atoms with Crippen LogP contribution >= 0.6 is 0 Å². The van der Waals surface area contributed by atoms with Crippen LogP contribution in [0.5, 0.6) is 0 Å². The molecule has 3 heterocycles. The monoisotopic (exact) mass is 459 g/mol. The molecule has 2 N–H and O–H groups in total. The van der Waals surface area contributed by atoms with Gasteiger partial charge in [0, 0.05) is 31.6 Å². The number of urea groups is 1. The first-order chi connectivity index (χ1) is 16.3. The van der Waals surface area contributed by atoms with E-state index in [2.05, 4.69) is 28.3 Å². The van der Waals surface area contributed by atoms with Gasteiger partial charge in [-0.05, 0) is 48.6 Å². The molecule has 0 unspecified atom stereocenters. The number of carbonyl (C=O) groups excluding carboxylic acids is 3. The van der Waals surface area contributed by atoms with Gasteiger partial charge in [-0.25, -0.2) is 9.78 Å². The summed E-state index contributed by atoms with van der Waals surface area (Å²) in [7, 11) is 2.06. The van der Waals surface area contributed by atoms with Crippen LogP contribution in [0.25, 0.3) is 11.0 Å². The van der Waals surface area contributed by atoms with Crippen LogP contribution in [-0.2, 0) is 17.4 Å². The SMILES string of the molecule is CC(C)[C@]1(c2ccc(C(=O)N3CCC(c4nc5ccccc5n4C)CC3)cc2)NC(=O)NC1=O. The number of likely N-dealkylation sites (tertiary alicyclic amines) is 1. The molecule has 1 atom stereocenters. The molecule has 2 saturated heterocycles. The third kappa shape index (κ3) is 3.45. The topological polar surface area (TPSA) is 96.3 Å². The normalized spacial score (nSPS) is 21.2. The summed E-state index contributed by atoms with van der Waals surface area (Å²) in [4.78, 5) is 44.3. The minimum absolute atomic E-state index is 0.0199. The maximum absolute atomic E-state index is 13.2. The summed E-state index contributed by atoms with van der Waals surface area (Å²) < 4.78 is 2.17. The molecular formula is C26H29N5O3. The van der Waals surface area contributed by atoms with Gasteiger partial charge in [-0.3, -0.25) is 14.9 Å². The van der Waals surface area contributed by atoms with Crippen molar-refractivity contribution in [2.45, 2.75) is 38.1 Å². The minimum Gasteiger partial charge on any atom is -0.339 e. The zero-order valence-electron chi connectivity index (χ0n) is 19.7. The maximum atomic E-state index is 13.2. The van der Waals surface area contributed by atoms with Crippen LogP contribution in [0, 0.1) is 5.92 Å². The van der Waals surface area contributed by atoms with E-state index in [4.69, 9.17) is 4.98 Å². The number of benzene rings is 2. The summed E-state index contributed by atoms with van der Waals surface area (Å²) in [6.45, 7) is 5.11. The fraction of sp³-hybridized carbons (Fsp3) is 0.385. The van der Waals surface area contributed by atoms with Gasteiger partial charge in [0.1, 0.15) is 11.4 Å². The molecule has 2 fully saturated rings. The van der Waals surface area contributed by atoms with Crippen molar-refractivity contribution in [1.29, 1.82) is 0 Å². The molecule has 1 aromatic heterocycles. The molecule has 0 saturated carbocycles. The molecule has 3 aromatic rings. The Hall–Kier alpha value is -3.68. The Balaban J connectivity index is 1.29. The van der Waals surface area contributed by atoms with Gasteiger partial charge >= 0.3 is 6.03 Å². The van der Waals surface area contributed by atoms with E-state index in [-0.39, 0.29) is 17.7 Å². The zero-order chi connectivity index (χ0) is 24.0. The molecule has 176 valence electrons. The van der Waals surface area contributed by atoms with Crippen LogP contribution in [0.4, 0.5) is 4.79 Å². The van der Waals surface area contributed by atoms with Gasteiger partial charge in [0.25, 0.3) is 11.8 Å². The fourth-order valence-corrected chi connectivity index (χ4v) is 5.34. The van der Waals surface area contributed by atoms with E-state index in [1.165, 1.54) is 0 Å². The van der Waals surface area contributed by atoms with Crippen molar-refractivity contribution in [2.24, 2.45) is 13.0 Å². The number of aromatic nitrogens is 2. The fourth-order valence-electron chi connectivity index (χ4n) is 5.34. The molecule has 8 heteroatoms. The third-order valence-corrected chi connectivity index (χ3v) is 7.32. The zero-order valence-corrected chi connectivity index (χ0v) is 19.7. The van der Waals surface area contributed by atoms with Crippen molar-refractivity contribution < 1.29 is 14.4 Å². The van der Waals surface area contributed by atoms with Crippen LogP contribution in [0.15, 0.2) is 48.5 Å². The van der Waals surface area contributed by atoms with Gasteiger partial charge in [0.2, 0.25) is 0 Å². The van der Waals surface area contributed by atoms with Gasteiger partial charge in [-0.15, -0.1) is 0 Å². The van der Waals surface area contributed by atoms with Gasteiger partial charge < -0.3 is 14.8 Å². The quantitative estimate of drug-likeness (QED) is 0.585. The lowest BCUT2D eigenvalue weighted by Crippen LogP contribution is -2.48. The molecule has 0 bridgehead atoms. The van der Waals surface area contributed by atoms with Crippen molar-refractivity contribution in [3.63, 3.8) is 0 Å². The summed E-state index contributed by atoms with van der Waals surface area (Å²) in [5, 5.41) is 5.11. The Kier molecular flexibility index (Phi) is 5.38. The van der Waals surface area contributed by atoms with E-state index in [1.54, 1.807) is 24.3 Å². The lowest BCUT2D eigenvalue weighted by Gasteiger charge is -2.32. The third-order valence-electron chi connectivity index (χ3n) is 7.32. The van der Waals surface area contributed by atoms with Crippen molar-refractivity contribution in [1.82, 2.24) is 25.1 Å². The minimum atomic E-state index is -1.12. The number of fused-ring (bicyclic) bond motifs is 1. The van der Waals surface area contributed by atoms with Crippen LogP contribution in [-0.4, -0.2) is 45.4 Å². The Morgan fingerprint density at radius 3 is 2.32 bits per heavy atom. The van der Waals surface area contributed by atoms with E-state index in [1.807, 2.05) is 36.9 Å². The number of hydrogen-bond acceptors (Lipinski definition) is 4. The van der Waals surface area contributed by atoms with Crippen molar-refractivity contribution in [2.75, 3.05) is 13.1 Å². The number of hydrogen-bond donors (Lipinski definition) is 2. The molecule has 0 radical (unpaired) electrons. The average Bonchev–Trinajstić information content (AvgIpc) is 3.35. The Labute approximate surface area is 198 Å². The van der Waals surface area contributed by atoms with E-state index in [0.29, 0.717) is 30.1 Å². The predicted molar refractivity (Wildman–Crippen MR) is 128 cm³/mol. The number of para-hydroxylation sites is 2. The van der Waals surface area contributed by atoms with E-state index < -0.39 is 11.6 Å². The summed E-state index contributed by atoms with van der Waals surface area (Å²) in [5.41, 5.74) is 2.26. The summed E-state index contributed by atoms with van der Waals surface area (Å²) in [6, 6.07) is 14.7. The smallest absolute Gasteiger partial charge is 0.322 e. The number of nitrogens with zero attached hydrogens (tertiary/aromatic N) is 3.